The van der Waals surface area contributed by atoms with Gasteiger partial charge in [-0.1, -0.05) is 5.16 Å². The van der Waals surface area contributed by atoms with Crippen LogP contribution in [0.15, 0.2) is 27.6 Å². The Morgan fingerprint density at radius 3 is 2.64 bits per heavy atom. The second kappa shape index (κ2) is 6.03. The molecule has 0 amide bonds. The molecule has 3 rings (SSSR count). The molecule has 0 saturated heterocycles. The molecule has 0 spiro atoms. The minimum atomic E-state index is -3.79. The highest BCUT2D eigenvalue weighted by Gasteiger charge is 2.37. The number of aromatic nitrogens is 1. The molecule has 1 aromatic heterocycles. The Bertz CT molecular complexity index is 882. The fourth-order valence-corrected chi connectivity index (χ4v) is 4.71. The van der Waals surface area contributed by atoms with Crippen molar-refractivity contribution in [1.29, 1.82) is 0 Å². The summed E-state index contributed by atoms with van der Waals surface area (Å²) in [7, 11) is -2.23. The summed E-state index contributed by atoms with van der Waals surface area (Å²) in [6.07, 6.45) is 0.482. The van der Waals surface area contributed by atoms with Crippen LogP contribution in [0.4, 0.5) is 0 Å². The predicted octanol–water partition coefficient (Wildman–Crippen LogP) is 2.88. The van der Waals surface area contributed by atoms with Crippen molar-refractivity contribution < 1.29 is 22.4 Å². The zero-order valence-corrected chi connectivity index (χ0v) is 15.7. The number of ether oxygens (including phenoxy) is 2. The molecule has 0 aliphatic carbocycles. The lowest BCUT2D eigenvalue weighted by Gasteiger charge is -2.37. The molecule has 0 bridgehead atoms. The number of nitrogens with one attached hydrogen (secondary N) is 1. The fourth-order valence-electron chi connectivity index (χ4n) is 3.17. The Kier molecular flexibility index (Phi) is 4.28. The third-order valence-corrected chi connectivity index (χ3v) is 5.92. The summed E-state index contributed by atoms with van der Waals surface area (Å²) in [5.74, 6) is 1.55. The number of methoxy groups -OCH3 is 1. The van der Waals surface area contributed by atoms with Crippen LogP contribution in [0.2, 0.25) is 0 Å². The van der Waals surface area contributed by atoms with E-state index >= 15 is 0 Å². The summed E-state index contributed by atoms with van der Waals surface area (Å²) in [6, 6.07) is 4.94. The van der Waals surface area contributed by atoms with Crippen molar-refractivity contribution in [3.05, 3.63) is 35.2 Å². The van der Waals surface area contributed by atoms with Crippen molar-refractivity contribution in [2.24, 2.45) is 0 Å². The molecule has 1 aliphatic rings. The standard InChI is InChI=1S/C17H22N2O5S/c1-10-16(11(2)24-18-10)25(20,21)19-14-9-17(3,4)23-15-7-6-12(22-5)8-13(14)15/h6-8,14,19H,9H2,1-5H3. The van der Waals surface area contributed by atoms with E-state index in [0.717, 1.165) is 5.56 Å². The molecule has 25 heavy (non-hydrogen) atoms. The van der Waals surface area contributed by atoms with Crippen LogP contribution in [0.25, 0.3) is 0 Å². The van der Waals surface area contributed by atoms with E-state index in [2.05, 4.69) is 9.88 Å². The highest BCUT2D eigenvalue weighted by atomic mass is 32.2. The molecule has 1 N–H and O–H groups in total. The monoisotopic (exact) mass is 366 g/mol. The van der Waals surface area contributed by atoms with Gasteiger partial charge in [-0.15, -0.1) is 0 Å². The Labute approximate surface area is 147 Å². The van der Waals surface area contributed by atoms with Gasteiger partial charge in [-0.2, -0.15) is 0 Å². The number of benzene rings is 1. The topological polar surface area (TPSA) is 90.7 Å². The predicted molar refractivity (Wildman–Crippen MR) is 91.4 cm³/mol. The summed E-state index contributed by atoms with van der Waals surface area (Å²) in [5.41, 5.74) is 0.573. The third-order valence-electron chi connectivity index (χ3n) is 4.21. The van der Waals surface area contributed by atoms with Crippen LogP contribution in [0.3, 0.4) is 0 Å². The summed E-state index contributed by atoms with van der Waals surface area (Å²) in [6.45, 7) is 7.05. The average Bonchev–Trinajstić information content (AvgIpc) is 2.85. The molecule has 2 aromatic rings. The third kappa shape index (κ3) is 3.36. The number of fused-ring (bicyclic) bond motifs is 1. The van der Waals surface area contributed by atoms with Gasteiger partial charge in [0, 0.05) is 12.0 Å². The molecule has 1 unspecified atom stereocenters. The molecule has 1 aliphatic heterocycles. The van der Waals surface area contributed by atoms with Crippen molar-refractivity contribution in [2.45, 2.75) is 50.7 Å². The van der Waals surface area contributed by atoms with E-state index in [4.69, 9.17) is 14.0 Å². The molecular weight excluding hydrogens is 344 g/mol. The van der Waals surface area contributed by atoms with Gasteiger partial charge in [0.15, 0.2) is 5.76 Å². The molecule has 1 aromatic carbocycles. The van der Waals surface area contributed by atoms with Crippen molar-refractivity contribution >= 4 is 10.0 Å². The van der Waals surface area contributed by atoms with Gasteiger partial charge in [-0.25, -0.2) is 13.1 Å². The van der Waals surface area contributed by atoms with E-state index in [1.54, 1.807) is 39.2 Å². The van der Waals surface area contributed by atoms with Crippen LogP contribution >= 0.6 is 0 Å². The van der Waals surface area contributed by atoms with Gasteiger partial charge in [-0.05, 0) is 45.9 Å². The fraction of sp³-hybridized carbons (Fsp3) is 0.471. The Morgan fingerprint density at radius 2 is 2.04 bits per heavy atom. The Morgan fingerprint density at radius 1 is 1.32 bits per heavy atom. The van der Waals surface area contributed by atoms with Gasteiger partial charge >= 0.3 is 0 Å². The van der Waals surface area contributed by atoms with Crippen LogP contribution in [-0.4, -0.2) is 26.3 Å². The number of hydrogen-bond donors (Lipinski definition) is 1. The van der Waals surface area contributed by atoms with Crippen LogP contribution in [-0.2, 0) is 10.0 Å². The first-order valence-corrected chi connectivity index (χ1v) is 9.43. The highest BCUT2D eigenvalue weighted by Crippen LogP contribution is 2.41. The number of hydrogen-bond acceptors (Lipinski definition) is 6. The molecular formula is C17H22N2O5S. The summed E-state index contributed by atoms with van der Waals surface area (Å²) in [5, 5.41) is 3.74. The molecule has 1 atom stereocenters. The van der Waals surface area contributed by atoms with Crippen LogP contribution in [0.5, 0.6) is 11.5 Å². The van der Waals surface area contributed by atoms with Gasteiger partial charge in [0.2, 0.25) is 10.0 Å². The first-order chi connectivity index (χ1) is 11.6. The molecule has 0 fully saturated rings. The van der Waals surface area contributed by atoms with E-state index in [1.807, 2.05) is 13.8 Å². The lowest BCUT2D eigenvalue weighted by Crippen LogP contribution is -2.41. The van der Waals surface area contributed by atoms with E-state index in [0.29, 0.717) is 23.6 Å². The Balaban J connectivity index is 2.02. The van der Waals surface area contributed by atoms with Crippen molar-refractivity contribution in [2.75, 3.05) is 7.11 Å². The van der Waals surface area contributed by atoms with E-state index < -0.39 is 21.7 Å². The van der Waals surface area contributed by atoms with Crippen LogP contribution in [0.1, 0.15) is 43.3 Å². The molecule has 0 saturated carbocycles. The van der Waals surface area contributed by atoms with Gasteiger partial charge in [0.1, 0.15) is 27.7 Å². The first-order valence-electron chi connectivity index (χ1n) is 7.95. The van der Waals surface area contributed by atoms with Crippen molar-refractivity contribution in [1.82, 2.24) is 9.88 Å². The van der Waals surface area contributed by atoms with E-state index in [1.165, 1.54) is 0 Å². The average molecular weight is 366 g/mol. The summed E-state index contributed by atoms with van der Waals surface area (Å²) in [4.78, 5) is 0.0845. The maximum atomic E-state index is 12.9. The van der Waals surface area contributed by atoms with Gasteiger partial charge in [0.25, 0.3) is 0 Å². The van der Waals surface area contributed by atoms with E-state index in [9.17, 15) is 8.42 Å². The summed E-state index contributed by atoms with van der Waals surface area (Å²) < 4.78 is 44.8. The summed E-state index contributed by atoms with van der Waals surface area (Å²) >= 11 is 0. The normalized spacial score (nSPS) is 19.2. The van der Waals surface area contributed by atoms with Gasteiger partial charge in [-0.3, -0.25) is 0 Å². The zero-order chi connectivity index (χ0) is 18.4. The second-order valence-electron chi connectivity index (χ2n) is 6.80. The maximum Gasteiger partial charge on any atom is 0.246 e. The van der Waals surface area contributed by atoms with Crippen LogP contribution < -0.4 is 14.2 Å². The number of sulfonamides is 1. The first kappa shape index (κ1) is 17.8. The van der Waals surface area contributed by atoms with Crippen LogP contribution in [0, 0.1) is 13.8 Å². The quantitative estimate of drug-likeness (QED) is 0.895. The smallest absolute Gasteiger partial charge is 0.246 e. The maximum absolute atomic E-state index is 12.9. The molecule has 2 heterocycles. The lowest BCUT2D eigenvalue weighted by molar-refractivity contribution is 0.0700. The molecule has 136 valence electrons. The number of nitrogens with zero attached hydrogens (tertiary/aromatic N) is 1. The zero-order valence-electron chi connectivity index (χ0n) is 14.9. The molecule has 7 nitrogen and oxygen atoms in total. The highest BCUT2D eigenvalue weighted by molar-refractivity contribution is 7.89. The molecule has 8 heteroatoms. The van der Waals surface area contributed by atoms with Crippen molar-refractivity contribution in [3.63, 3.8) is 0 Å². The minimum Gasteiger partial charge on any atom is -0.497 e. The minimum absolute atomic E-state index is 0.0845. The number of rotatable bonds is 4. The van der Waals surface area contributed by atoms with Gasteiger partial charge < -0.3 is 14.0 Å². The van der Waals surface area contributed by atoms with Crippen molar-refractivity contribution in [3.8, 4) is 11.5 Å². The van der Waals surface area contributed by atoms with Gasteiger partial charge in [0.05, 0.1) is 13.2 Å². The number of aryl methyl sites for hydroxylation is 2. The Hall–Kier alpha value is -2.06. The largest absolute Gasteiger partial charge is 0.497 e. The van der Waals surface area contributed by atoms with E-state index in [-0.39, 0.29) is 10.7 Å². The second-order valence-corrected chi connectivity index (χ2v) is 8.45. The molecule has 0 radical (unpaired) electrons. The SMILES string of the molecule is COc1ccc2c(c1)C(NS(=O)(=O)c1c(C)noc1C)CC(C)(C)O2. The lowest BCUT2D eigenvalue weighted by atomic mass is 9.90.